The summed E-state index contributed by atoms with van der Waals surface area (Å²) >= 11 is 11.8. The summed E-state index contributed by atoms with van der Waals surface area (Å²) in [5, 5.41) is 0.741. The fourth-order valence-electron chi connectivity index (χ4n) is 1.12. The van der Waals surface area contributed by atoms with Crippen molar-refractivity contribution < 1.29 is 0 Å². The number of pyridine rings is 1. The van der Waals surface area contributed by atoms with Crippen LogP contribution in [0.1, 0.15) is 6.92 Å². The third-order valence-electron chi connectivity index (χ3n) is 1.63. The molecule has 4 heteroatoms. The molecule has 1 rings (SSSR count). The van der Waals surface area contributed by atoms with E-state index in [4.69, 9.17) is 23.2 Å². The number of aromatic nitrogens is 1. The van der Waals surface area contributed by atoms with E-state index in [2.05, 4.69) is 4.98 Å². The number of hydrogen-bond acceptors (Lipinski definition) is 2. The van der Waals surface area contributed by atoms with Gasteiger partial charge in [-0.3, -0.25) is 0 Å². The summed E-state index contributed by atoms with van der Waals surface area (Å²) in [6.07, 6.45) is 1.72. The molecule has 0 aromatic carbocycles. The van der Waals surface area contributed by atoms with Crippen LogP contribution in [0.25, 0.3) is 0 Å². The van der Waals surface area contributed by atoms with E-state index >= 15 is 0 Å². The second-order valence-corrected chi connectivity index (χ2v) is 4.12. The summed E-state index contributed by atoms with van der Waals surface area (Å²) in [5.41, 5.74) is 0. The SMILES string of the molecule is CC(Cl)CN(C)c1ncccc1Cl. The average molecular weight is 219 g/mol. The zero-order chi connectivity index (χ0) is 9.84. The Labute approximate surface area is 88.5 Å². The Hall–Kier alpha value is -0.470. The zero-order valence-corrected chi connectivity index (χ0v) is 9.18. The summed E-state index contributed by atoms with van der Waals surface area (Å²) in [6, 6.07) is 3.63. The van der Waals surface area contributed by atoms with Crippen molar-refractivity contribution in [1.82, 2.24) is 4.98 Å². The van der Waals surface area contributed by atoms with Gasteiger partial charge in [0.25, 0.3) is 0 Å². The van der Waals surface area contributed by atoms with Crippen LogP contribution in [0, 0.1) is 0 Å². The molecule has 1 aromatic rings. The number of alkyl halides is 1. The molecule has 0 saturated heterocycles. The lowest BCUT2D eigenvalue weighted by atomic mass is 10.4. The fourth-order valence-corrected chi connectivity index (χ4v) is 1.59. The van der Waals surface area contributed by atoms with Crippen LogP contribution < -0.4 is 4.90 Å². The molecule has 13 heavy (non-hydrogen) atoms. The molecular formula is C9H12Cl2N2. The molecule has 0 amide bonds. The van der Waals surface area contributed by atoms with Gasteiger partial charge in [0.2, 0.25) is 0 Å². The molecule has 1 heterocycles. The quantitative estimate of drug-likeness (QED) is 0.726. The van der Waals surface area contributed by atoms with Crippen molar-refractivity contribution in [2.24, 2.45) is 0 Å². The van der Waals surface area contributed by atoms with Gasteiger partial charge in [-0.2, -0.15) is 0 Å². The van der Waals surface area contributed by atoms with Crippen LogP contribution in [0.3, 0.4) is 0 Å². The first kappa shape index (κ1) is 10.6. The molecule has 0 fully saturated rings. The van der Waals surface area contributed by atoms with Gasteiger partial charge in [0.1, 0.15) is 5.82 Å². The van der Waals surface area contributed by atoms with Crippen LogP contribution in [-0.4, -0.2) is 24.0 Å². The van der Waals surface area contributed by atoms with E-state index in [1.165, 1.54) is 0 Å². The lowest BCUT2D eigenvalue weighted by Crippen LogP contribution is -2.25. The Morgan fingerprint density at radius 1 is 1.62 bits per heavy atom. The first-order chi connectivity index (χ1) is 6.11. The molecule has 0 bridgehead atoms. The number of nitrogens with zero attached hydrogens (tertiary/aromatic N) is 2. The highest BCUT2D eigenvalue weighted by Gasteiger charge is 2.08. The van der Waals surface area contributed by atoms with Gasteiger partial charge in [-0.25, -0.2) is 4.98 Å². The van der Waals surface area contributed by atoms with Gasteiger partial charge < -0.3 is 4.90 Å². The molecular weight excluding hydrogens is 207 g/mol. The highest BCUT2D eigenvalue weighted by molar-refractivity contribution is 6.32. The topological polar surface area (TPSA) is 16.1 Å². The third-order valence-corrected chi connectivity index (χ3v) is 2.06. The molecule has 0 radical (unpaired) electrons. The third kappa shape index (κ3) is 3.05. The van der Waals surface area contributed by atoms with E-state index in [0.29, 0.717) is 5.02 Å². The smallest absolute Gasteiger partial charge is 0.147 e. The largest absolute Gasteiger partial charge is 0.357 e. The fraction of sp³-hybridized carbons (Fsp3) is 0.444. The second-order valence-electron chi connectivity index (χ2n) is 2.97. The number of hydrogen-bond donors (Lipinski definition) is 0. The van der Waals surface area contributed by atoms with Crippen LogP contribution >= 0.6 is 23.2 Å². The first-order valence-corrected chi connectivity index (χ1v) is 4.88. The number of rotatable bonds is 3. The Kier molecular flexibility index (Phi) is 3.82. The predicted molar refractivity (Wildman–Crippen MR) is 57.8 cm³/mol. The van der Waals surface area contributed by atoms with Crippen molar-refractivity contribution in [1.29, 1.82) is 0 Å². The molecule has 0 N–H and O–H groups in total. The highest BCUT2D eigenvalue weighted by Crippen LogP contribution is 2.21. The Morgan fingerprint density at radius 3 is 2.85 bits per heavy atom. The lowest BCUT2D eigenvalue weighted by molar-refractivity contribution is 0.844. The lowest BCUT2D eigenvalue weighted by Gasteiger charge is -2.20. The summed E-state index contributed by atoms with van der Waals surface area (Å²) in [5.74, 6) is 0.775. The van der Waals surface area contributed by atoms with Gasteiger partial charge in [0.15, 0.2) is 0 Å². The van der Waals surface area contributed by atoms with Crippen LogP contribution in [0.5, 0.6) is 0 Å². The maximum atomic E-state index is 5.96. The van der Waals surface area contributed by atoms with Crippen molar-refractivity contribution in [2.75, 3.05) is 18.5 Å². The Balaban J connectivity index is 2.76. The normalized spacial score (nSPS) is 12.6. The maximum Gasteiger partial charge on any atom is 0.147 e. The molecule has 0 aliphatic rings. The molecule has 0 saturated carbocycles. The van der Waals surface area contributed by atoms with E-state index in [9.17, 15) is 0 Å². The Morgan fingerprint density at radius 2 is 2.31 bits per heavy atom. The van der Waals surface area contributed by atoms with E-state index < -0.39 is 0 Å². The van der Waals surface area contributed by atoms with Crippen LogP contribution in [0.15, 0.2) is 18.3 Å². The van der Waals surface area contributed by atoms with Crippen LogP contribution in [0.4, 0.5) is 5.82 Å². The van der Waals surface area contributed by atoms with Crippen molar-refractivity contribution in [3.8, 4) is 0 Å². The van der Waals surface area contributed by atoms with Crippen LogP contribution in [-0.2, 0) is 0 Å². The molecule has 0 aliphatic heterocycles. The van der Waals surface area contributed by atoms with E-state index in [1.807, 2.05) is 31.0 Å². The Bertz CT molecular complexity index is 276. The summed E-state index contributed by atoms with van der Waals surface area (Å²) in [7, 11) is 1.92. The molecule has 0 aliphatic carbocycles. The highest BCUT2D eigenvalue weighted by atomic mass is 35.5. The molecule has 2 nitrogen and oxygen atoms in total. The van der Waals surface area contributed by atoms with E-state index in [1.54, 1.807) is 6.20 Å². The minimum atomic E-state index is 0.0862. The minimum Gasteiger partial charge on any atom is -0.357 e. The average Bonchev–Trinajstić information content (AvgIpc) is 2.03. The maximum absolute atomic E-state index is 5.96. The van der Waals surface area contributed by atoms with Crippen molar-refractivity contribution in [2.45, 2.75) is 12.3 Å². The second kappa shape index (κ2) is 4.68. The van der Waals surface area contributed by atoms with Gasteiger partial charge in [0.05, 0.1) is 5.02 Å². The molecule has 1 aromatic heterocycles. The van der Waals surface area contributed by atoms with Gasteiger partial charge in [0, 0.05) is 25.2 Å². The predicted octanol–water partition coefficient (Wildman–Crippen LogP) is 2.80. The number of halogens is 2. The van der Waals surface area contributed by atoms with E-state index in [-0.39, 0.29) is 5.38 Å². The summed E-state index contributed by atoms with van der Waals surface area (Å²) in [6.45, 7) is 2.67. The van der Waals surface area contributed by atoms with Crippen molar-refractivity contribution >= 4 is 29.0 Å². The molecule has 1 atom stereocenters. The number of anilines is 1. The summed E-state index contributed by atoms with van der Waals surface area (Å²) < 4.78 is 0. The molecule has 0 spiro atoms. The van der Waals surface area contributed by atoms with E-state index in [0.717, 1.165) is 12.4 Å². The van der Waals surface area contributed by atoms with Crippen molar-refractivity contribution in [3.63, 3.8) is 0 Å². The first-order valence-electron chi connectivity index (χ1n) is 4.07. The van der Waals surface area contributed by atoms with Gasteiger partial charge in [-0.1, -0.05) is 11.6 Å². The molecule has 1 unspecified atom stereocenters. The van der Waals surface area contributed by atoms with Crippen molar-refractivity contribution in [3.05, 3.63) is 23.4 Å². The monoisotopic (exact) mass is 218 g/mol. The van der Waals surface area contributed by atoms with Gasteiger partial charge in [-0.15, -0.1) is 11.6 Å². The minimum absolute atomic E-state index is 0.0862. The van der Waals surface area contributed by atoms with Crippen LogP contribution in [0.2, 0.25) is 5.02 Å². The summed E-state index contributed by atoms with van der Waals surface area (Å²) in [4.78, 5) is 6.11. The van der Waals surface area contributed by atoms with Gasteiger partial charge >= 0.3 is 0 Å². The zero-order valence-electron chi connectivity index (χ0n) is 7.67. The van der Waals surface area contributed by atoms with Gasteiger partial charge in [-0.05, 0) is 19.1 Å². The molecule has 72 valence electrons. The standard InChI is InChI=1S/C9H12Cl2N2/c1-7(10)6-13(2)9-8(11)4-3-5-12-9/h3-5,7H,6H2,1-2H3.